The lowest BCUT2D eigenvalue weighted by Gasteiger charge is -2.00. The van der Waals surface area contributed by atoms with Crippen molar-refractivity contribution in [3.63, 3.8) is 0 Å². The average molecular weight is 321 g/mol. The molecule has 1 aromatic carbocycles. The number of halogens is 2. The zero-order valence-electron chi connectivity index (χ0n) is 7.09. The van der Waals surface area contributed by atoms with E-state index in [-0.39, 0.29) is 6.61 Å². The Morgan fingerprint density at radius 1 is 1.57 bits per heavy atom. The Balaban J connectivity index is 2.63. The predicted molar refractivity (Wildman–Crippen MR) is 63.5 cm³/mol. The molecule has 0 fully saturated rings. The van der Waals surface area contributed by atoms with Gasteiger partial charge < -0.3 is 4.74 Å². The van der Waals surface area contributed by atoms with Crippen LogP contribution in [0.1, 0.15) is 10.4 Å². The van der Waals surface area contributed by atoms with E-state index in [4.69, 9.17) is 16.3 Å². The van der Waals surface area contributed by atoms with Gasteiger partial charge in [-0.25, -0.2) is 4.79 Å². The molecular formula is C10H6ClIO2. The van der Waals surface area contributed by atoms with Crippen LogP contribution < -0.4 is 0 Å². The van der Waals surface area contributed by atoms with Gasteiger partial charge in [-0.05, 0) is 22.1 Å². The van der Waals surface area contributed by atoms with Crippen LogP contribution in [0.25, 0.3) is 0 Å². The van der Waals surface area contributed by atoms with Crippen LogP contribution in [0.3, 0.4) is 0 Å². The molecule has 0 radical (unpaired) electrons. The van der Waals surface area contributed by atoms with E-state index in [2.05, 4.69) is 9.85 Å². The van der Waals surface area contributed by atoms with E-state index in [1.807, 2.05) is 22.6 Å². The summed E-state index contributed by atoms with van der Waals surface area (Å²) in [5, 5.41) is 0.513. The normalized spacial score (nSPS) is 8.71. The van der Waals surface area contributed by atoms with E-state index < -0.39 is 5.97 Å². The van der Waals surface area contributed by atoms with Crippen LogP contribution >= 0.6 is 34.2 Å². The van der Waals surface area contributed by atoms with Gasteiger partial charge in [0.2, 0.25) is 0 Å². The lowest BCUT2D eigenvalue weighted by Crippen LogP contribution is -2.04. The third-order valence-electron chi connectivity index (χ3n) is 1.40. The van der Waals surface area contributed by atoms with E-state index >= 15 is 0 Å². The second-order valence-electron chi connectivity index (χ2n) is 2.36. The highest BCUT2D eigenvalue weighted by Gasteiger charge is 2.05. The fourth-order valence-electron chi connectivity index (χ4n) is 0.828. The summed E-state index contributed by atoms with van der Waals surface area (Å²) in [6, 6.07) is 6.60. The highest BCUT2D eigenvalue weighted by atomic mass is 127. The molecule has 0 bridgehead atoms. The quantitative estimate of drug-likeness (QED) is 0.476. The number of carbonyl (C=O) groups is 1. The highest BCUT2D eigenvalue weighted by Crippen LogP contribution is 2.11. The predicted octanol–water partition coefficient (Wildman–Crippen LogP) is 2.89. The molecule has 0 saturated heterocycles. The molecule has 14 heavy (non-hydrogen) atoms. The van der Waals surface area contributed by atoms with Crippen molar-refractivity contribution in [3.8, 4) is 9.85 Å². The molecule has 0 heterocycles. The number of rotatable bonds is 2. The van der Waals surface area contributed by atoms with E-state index in [0.29, 0.717) is 10.6 Å². The Morgan fingerprint density at radius 3 is 3.00 bits per heavy atom. The number of hydrogen-bond acceptors (Lipinski definition) is 2. The number of ether oxygens (including phenoxy) is 1. The molecule has 0 spiro atoms. The first-order chi connectivity index (χ1) is 6.74. The minimum absolute atomic E-state index is 0.105. The van der Waals surface area contributed by atoms with Gasteiger partial charge in [-0.2, -0.15) is 0 Å². The van der Waals surface area contributed by atoms with Gasteiger partial charge in [-0.3, -0.25) is 0 Å². The molecule has 0 atom stereocenters. The summed E-state index contributed by atoms with van der Waals surface area (Å²) in [6.45, 7) is 0.105. The second-order valence-corrected chi connectivity index (χ2v) is 3.33. The lowest BCUT2D eigenvalue weighted by molar-refractivity contribution is 0.0557. The molecule has 0 saturated carbocycles. The number of hydrogen-bond donors (Lipinski definition) is 0. The summed E-state index contributed by atoms with van der Waals surface area (Å²) in [5.41, 5.74) is 0.438. The van der Waals surface area contributed by atoms with E-state index in [9.17, 15) is 4.79 Å². The maximum atomic E-state index is 11.3. The van der Waals surface area contributed by atoms with Crippen molar-refractivity contribution in [1.29, 1.82) is 0 Å². The van der Waals surface area contributed by atoms with Gasteiger partial charge in [0.1, 0.15) is 0 Å². The third-order valence-corrected chi connectivity index (χ3v) is 2.02. The molecule has 0 aliphatic rings. The first-order valence-corrected chi connectivity index (χ1v) is 5.21. The standard InChI is InChI=1S/C10H6ClIO2/c11-9-4-1-3-8(7-9)10(13)14-6-2-5-12/h1,3-4,7H,6H2. The van der Waals surface area contributed by atoms with E-state index in [1.54, 1.807) is 24.3 Å². The fraction of sp³-hybridized carbons (Fsp3) is 0.100. The molecule has 4 heteroatoms. The van der Waals surface area contributed by atoms with Crippen LogP contribution in [0, 0.1) is 9.85 Å². The minimum atomic E-state index is -0.411. The SMILES string of the molecule is O=C(OCC#CI)c1cccc(Cl)c1. The summed E-state index contributed by atoms with van der Waals surface area (Å²) < 4.78 is 7.45. The summed E-state index contributed by atoms with van der Waals surface area (Å²) in [6.07, 6.45) is 0. The largest absolute Gasteiger partial charge is 0.449 e. The van der Waals surface area contributed by atoms with Gasteiger partial charge in [-0.15, -0.1) is 0 Å². The Kier molecular flexibility index (Phi) is 4.77. The van der Waals surface area contributed by atoms with Crippen LogP contribution in [-0.2, 0) is 4.74 Å². The maximum Gasteiger partial charge on any atom is 0.339 e. The first kappa shape index (κ1) is 11.3. The molecule has 0 aliphatic heterocycles. The Hall–Kier alpha value is -0.730. The molecule has 1 aromatic rings. The van der Waals surface area contributed by atoms with Crippen LogP contribution in [0.4, 0.5) is 0 Å². The van der Waals surface area contributed by atoms with Gasteiger partial charge in [0.25, 0.3) is 0 Å². The van der Waals surface area contributed by atoms with Crippen molar-refractivity contribution < 1.29 is 9.53 Å². The molecule has 0 amide bonds. The van der Waals surface area contributed by atoms with Crippen molar-refractivity contribution in [3.05, 3.63) is 34.9 Å². The van der Waals surface area contributed by atoms with Gasteiger partial charge in [0, 0.05) is 27.6 Å². The van der Waals surface area contributed by atoms with Gasteiger partial charge in [0.15, 0.2) is 6.61 Å². The van der Waals surface area contributed by atoms with E-state index in [1.165, 1.54) is 0 Å². The van der Waals surface area contributed by atoms with Crippen molar-refractivity contribution in [2.24, 2.45) is 0 Å². The molecule has 0 N–H and O–H groups in total. The molecule has 0 aromatic heterocycles. The third kappa shape index (κ3) is 3.56. The fourth-order valence-corrected chi connectivity index (χ4v) is 1.17. The monoisotopic (exact) mass is 320 g/mol. The first-order valence-electron chi connectivity index (χ1n) is 3.75. The van der Waals surface area contributed by atoms with E-state index in [0.717, 1.165) is 0 Å². The van der Waals surface area contributed by atoms with Gasteiger partial charge in [-0.1, -0.05) is 23.6 Å². The summed E-state index contributed by atoms with van der Waals surface area (Å²) in [7, 11) is 0. The van der Waals surface area contributed by atoms with Crippen LogP contribution in [-0.4, -0.2) is 12.6 Å². The van der Waals surface area contributed by atoms with Crippen molar-refractivity contribution in [2.75, 3.05) is 6.61 Å². The number of carbonyl (C=O) groups excluding carboxylic acids is 1. The van der Waals surface area contributed by atoms with Gasteiger partial charge >= 0.3 is 5.97 Å². The summed E-state index contributed by atoms with van der Waals surface area (Å²) in [4.78, 5) is 11.3. The molecule has 2 nitrogen and oxygen atoms in total. The summed E-state index contributed by atoms with van der Waals surface area (Å²) in [5.74, 6) is 2.21. The topological polar surface area (TPSA) is 26.3 Å². The minimum Gasteiger partial charge on any atom is -0.449 e. The lowest BCUT2D eigenvalue weighted by atomic mass is 10.2. The molecule has 0 aliphatic carbocycles. The Labute approximate surface area is 101 Å². The zero-order valence-corrected chi connectivity index (χ0v) is 10.0. The highest BCUT2D eigenvalue weighted by molar-refractivity contribution is 14.1. The number of benzene rings is 1. The van der Waals surface area contributed by atoms with Crippen LogP contribution in [0.5, 0.6) is 0 Å². The zero-order chi connectivity index (χ0) is 10.4. The Bertz CT molecular complexity index is 393. The molecule has 0 unspecified atom stereocenters. The van der Waals surface area contributed by atoms with Crippen LogP contribution in [0.15, 0.2) is 24.3 Å². The average Bonchev–Trinajstić information content (AvgIpc) is 2.18. The molecule has 1 rings (SSSR count). The van der Waals surface area contributed by atoms with Crippen molar-refractivity contribution >= 4 is 40.2 Å². The molecular weight excluding hydrogens is 314 g/mol. The maximum absolute atomic E-state index is 11.3. The Morgan fingerprint density at radius 2 is 2.36 bits per heavy atom. The van der Waals surface area contributed by atoms with Crippen molar-refractivity contribution in [1.82, 2.24) is 0 Å². The summed E-state index contributed by atoms with van der Waals surface area (Å²) >= 11 is 7.59. The van der Waals surface area contributed by atoms with Crippen molar-refractivity contribution in [2.45, 2.75) is 0 Å². The van der Waals surface area contributed by atoms with Gasteiger partial charge in [0.05, 0.1) is 5.56 Å². The smallest absolute Gasteiger partial charge is 0.339 e. The molecule has 72 valence electrons. The van der Waals surface area contributed by atoms with Crippen LogP contribution in [0.2, 0.25) is 5.02 Å². The second kappa shape index (κ2) is 5.89. The number of esters is 1.